The Morgan fingerprint density at radius 3 is 2.53 bits per heavy atom. The SMILES string of the molecule is CC1C(=O)C(C#N)=CC2c3nc(-c4ccncc4)nc(-c4ccccc4)c3CCC12. The number of allylic oxidation sites excluding steroid dienone is 2. The highest BCUT2D eigenvalue weighted by Crippen LogP contribution is 2.46. The molecule has 2 aliphatic carbocycles. The van der Waals surface area contributed by atoms with Crippen molar-refractivity contribution in [1.29, 1.82) is 5.26 Å². The molecule has 1 aromatic carbocycles. The zero-order valence-electron chi connectivity index (χ0n) is 16.6. The van der Waals surface area contributed by atoms with Crippen LogP contribution in [0.25, 0.3) is 22.6 Å². The Labute approximate surface area is 175 Å². The van der Waals surface area contributed by atoms with Crippen molar-refractivity contribution in [1.82, 2.24) is 15.0 Å². The van der Waals surface area contributed by atoms with Crippen molar-refractivity contribution in [3.05, 3.63) is 77.8 Å². The molecule has 5 rings (SSSR count). The second-order valence-corrected chi connectivity index (χ2v) is 7.93. The number of Topliss-reactive ketones (excluding diaryl/α,β-unsaturated/α-hetero) is 1. The number of pyridine rings is 1. The number of carbonyl (C=O) groups is 1. The molecule has 0 radical (unpaired) electrons. The van der Waals surface area contributed by atoms with Gasteiger partial charge in [0.1, 0.15) is 6.07 Å². The molecule has 3 aromatic rings. The third kappa shape index (κ3) is 2.93. The van der Waals surface area contributed by atoms with Gasteiger partial charge >= 0.3 is 0 Å². The first-order valence-electron chi connectivity index (χ1n) is 10.2. The van der Waals surface area contributed by atoms with E-state index in [-0.39, 0.29) is 29.1 Å². The minimum Gasteiger partial charge on any atom is -0.293 e. The van der Waals surface area contributed by atoms with E-state index >= 15 is 0 Å². The van der Waals surface area contributed by atoms with Crippen molar-refractivity contribution in [2.45, 2.75) is 25.7 Å². The summed E-state index contributed by atoms with van der Waals surface area (Å²) in [5, 5.41) is 9.50. The monoisotopic (exact) mass is 392 g/mol. The summed E-state index contributed by atoms with van der Waals surface area (Å²) in [7, 11) is 0. The van der Waals surface area contributed by atoms with Crippen LogP contribution >= 0.6 is 0 Å². The average molecular weight is 392 g/mol. The van der Waals surface area contributed by atoms with Crippen LogP contribution in [0.15, 0.2) is 66.5 Å². The predicted octanol–water partition coefficient (Wildman–Crippen LogP) is 4.52. The quantitative estimate of drug-likeness (QED) is 0.641. The second-order valence-electron chi connectivity index (χ2n) is 7.93. The first-order chi connectivity index (χ1) is 14.7. The molecule has 3 unspecified atom stereocenters. The van der Waals surface area contributed by atoms with Gasteiger partial charge in [-0.15, -0.1) is 0 Å². The fourth-order valence-corrected chi connectivity index (χ4v) is 4.74. The molecular weight excluding hydrogens is 372 g/mol. The van der Waals surface area contributed by atoms with Gasteiger partial charge in [0.2, 0.25) is 0 Å². The zero-order valence-corrected chi connectivity index (χ0v) is 16.6. The minimum atomic E-state index is -0.178. The van der Waals surface area contributed by atoms with Gasteiger partial charge in [0, 0.05) is 40.9 Å². The predicted molar refractivity (Wildman–Crippen MR) is 113 cm³/mol. The van der Waals surface area contributed by atoms with Crippen LogP contribution in [-0.4, -0.2) is 20.7 Å². The van der Waals surface area contributed by atoms with E-state index < -0.39 is 0 Å². The summed E-state index contributed by atoms with van der Waals surface area (Å²) < 4.78 is 0. The van der Waals surface area contributed by atoms with Gasteiger partial charge in [-0.05, 0) is 30.9 Å². The van der Waals surface area contributed by atoms with Gasteiger partial charge in [0.05, 0.1) is 17.0 Å². The first-order valence-corrected chi connectivity index (χ1v) is 10.2. The van der Waals surface area contributed by atoms with Crippen molar-refractivity contribution in [3.8, 4) is 28.7 Å². The maximum atomic E-state index is 12.6. The summed E-state index contributed by atoms with van der Waals surface area (Å²) in [5.74, 6) is 0.524. The van der Waals surface area contributed by atoms with Crippen LogP contribution < -0.4 is 0 Å². The topological polar surface area (TPSA) is 79.5 Å². The summed E-state index contributed by atoms with van der Waals surface area (Å²) in [6.45, 7) is 1.94. The Bertz CT molecular complexity index is 1200. The second kappa shape index (κ2) is 7.31. The molecule has 2 aliphatic rings. The molecular formula is C25H20N4O. The average Bonchev–Trinajstić information content (AvgIpc) is 2.81. The number of aromatic nitrogens is 3. The summed E-state index contributed by atoms with van der Waals surface area (Å²) in [4.78, 5) is 26.6. The first kappa shape index (κ1) is 18.4. The van der Waals surface area contributed by atoms with Crippen LogP contribution in [0.1, 0.15) is 30.5 Å². The van der Waals surface area contributed by atoms with Crippen LogP contribution in [0.5, 0.6) is 0 Å². The van der Waals surface area contributed by atoms with Crippen molar-refractivity contribution in [2.24, 2.45) is 11.8 Å². The molecule has 0 saturated heterocycles. The van der Waals surface area contributed by atoms with Gasteiger partial charge in [0.25, 0.3) is 0 Å². The van der Waals surface area contributed by atoms with Crippen LogP contribution in [0.4, 0.5) is 0 Å². The maximum Gasteiger partial charge on any atom is 0.176 e. The van der Waals surface area contributed by atoms with Crippen LogP contribution in [0.3, 0.4) is 0 Å². The van der Waals surface area contributed by atoms with E-state index in [9.17, 15) is 10.1 Å². The van der Waals surface area contributed by atoms with Gasteiger partial charge < -0.3 is 0 Å². The number of carbonyl (C=O) groups excluding carboxylic acids is 1. The number of hydrogen-bond acceptors (Lipinski definition) is 5. The van der Waals surface area contributed by atoms with Gasteiger partial charge in [0.15, 0.2) is 11.6 Å². The smallest absolute Gasteiger partial charge is 0.176 e. The molecule has 146 valence electrons. The highest BCUT2D eigenvalue weighted by Gasteiger charge is 2.42. The molecule has 30 heavy (non-hydrogen) atoms. The van der Waals surface area contributed by atoms with Gasteiger partial charge in [-0.2, -0.15) is 5.26 Å². The zero-order chi connectivity index (χ0) is 20.7. The Balaban J connectivity index is 1.76. The summed E-state index contributed by atoms with van der Waals surface area (Å²) in [5.41, 5.74) is 5.20. The van der Waals surface area contributed by atoms with E-state index in [2.05, 4.69) is 23.2 Å². The fourth-order valence-electron chi connectivity index (χ4n) is 4.74. The molecule has 0 amide bonds. The Kier molecular flexibility index (Phi) is 4.48. The summed E-state index contributed by atoms with van der Waals surface area (Å²) in [6.07, 6.45) is 7.02. The fraction of sp³-hybridized carbons (Fsp3) is 0.240. The molecule has 0 saturated carbocycles. The van der Waals surface area contributed by atoms with Crippen LogP contribution in [-0.2, 0) is 11.2 Å². The van der Waals surface area contributed by atoms with Crippen molar-refractivity contribution in [3.63, 3.8) is 0 Å². The van der Waals surface area contributed by atoms with E-state index in [0.29, 0.717) is 5.82 Å². The van der Waals surface area contributed by atoms with Gasteiger partial charge in [-0.3, -0.25) is 9.78 Å². The summed E-state index contributed by atoms with van der Waals surface area (Å²) in [6, 6.07) is 16.0. The van der Waals surface area contributed by atoms with Gasteiger partial charge in [-0.1, -0.05) is 43.3 Å². The van der Waals surface area contributed by atoms with E-state index in [1.54, 1.807) is 12.4 Å². The Hall–Kier alpha value is -3.65. The number of benzene rings is 1. The molecule has 0 bridgehead atoms. The standard InChI is InChI=1S/C25H20N4O/c1-15-19-7-8-20-22(16-5-3-2-4-6-16)28-25(17-9-11-27-12-10-17)29-23(20)21(19)13-18(14-26)24(15)30/h2-6,9-13,15,19,21H,7-8H2,1H3. The molecule has 2 aromatic heterocycles. The number of nitrogens with zero attached hydrogens (tertiary/aromatic N) is 4. The summed E-state index contributed by atoms with van der Waals surface area (Å²) >= 11 is 0. The van der Waals surface area contributed by atoms with Gasteiger partial charge in [-0.25, -0.2) is 9.97 Å². The lowest BCUT2D eigenvalue weighted by atomic mass is 9.66. The third-order valence-electron chi connectivity index (χ3n) is 6.32. The van der Waals surface area contributed by atoms with E-state index in [1.807, 2.05) is 43.3 Å². The maximum absolute atomic E-state index is 12.6. The van der Waals surface area contributed by atoms with Crippen molar-refractivity contribution < 1.29 is 4.79 Å². The third-order valence-corrected chi connectivity index (χ3v) is 6.32. The molecule has 0 N–H and O–H groups in total. The molecule has 2 heterocycles. The molecule has 0 aliphatic heterocycles. The Morgan fingerprint density at radius 1 is 1.03 bits per heavy atom. The molecule has 5 heteroatoms. The Morgan fingerprint density at radius 2 is 1.80 bits per heavy atom. The minimum absolute atomic E-state index is 0.0473. The number of hydrogen-bond donors (Lipinski definition) is 0. The highest BCUT2D eigenvalue weighted by atomic mass is 16.1. The number of ketones is 1. The van der Waals surface area contributed by atoms with Crippen molar-refractivity contribution >= 4 is 5.78 Å². The van der Waals surface area contributed by atoms with E-state index in [0.717, 1.165) is 40.9 Å². The van der Waals surface area contributed by atoms with E-state index in [1.165, 1.54) is 0 Å². The number of fused-ring (bicyclic) bond motifs is 3. The van der Waals surface area contributed by atoms with Crippen LogP contribution in [0.2, 0.25) is 0 Å². The lowest BCUT2D eigenvalue weighted by Gasteiger charge is -2.38. The number of rotatable bonds is 2. The van der Waals surface area contributed by atoms with Crippen molar-refractivity contribution in [2.75, 3.05) is 0 Å². The molecule has 5 nitrogen and oxygen atoms in total. The molecule has 3 atom stereocenters. The highest BCUT2D eigenvalue weighted by molar-refractivity contribution is 6.01. The number of nitriles is 1. The normalized spacial score (nSPS) is 22.5. The molecule has 0 spiro atoms. The van der Waals surface area contributed by atoms with E-state index in [4.69, 9.17) is 9.97 Å². The molecule has 0 fully saturated rings. The lowest BCUT2D eigenvalue weighted by molar-refractivity contribution is -0.120. The largest absolute Gasteiger partial charge is 0.293 e. The lowest BCUT2D eigenvalue weighted by Crippen LogP contribution is -2.35. The van der Waals surface area contributed by atoms with Crippen LogP contribution in [0, 0.1) is 23.2 Å².